The van der Waals surface area contributed by atoms with E-state index in [0.717, 1.165) is 5.56 Å². The lowest BCUT2D eigenvalue weighted by atomic mass is 10.1. The number of pyridine rings is 1. The molecule has 3 nitrogen and oxygen atoms in total. The van der Waals surface area contributed by atoms with Crippen molar-refractivity contribution in [3.05, 3.63) is 23.9 Å². The van der Waals surface area contributed by atoms with Gasteiger partial charge in [-0.2, -0.15) is 0 Å². The highest BCUT2D eigenvalue weighted by Crippen LogP contribution is 2.17. The molecule has 0 radical (unpaired) electrons. The quantitative estimate of drug-likeness (QED) is 0.660. The summed E-state index contributed by atoms with van der Waals surface area (Å²) in [5.41, 5.74) is 4.00. The predicted molar refractivity (Wildman–Crippen MR) is 71.5 cm³/mol. The fourth-order valence-corrected chi connectivity index (χ4v) is 1.87. The normalized spacial score (nSPS) is 12.5. The molecule has 0 saturated carbocycles. The number of aliphatic hydroxyl groups is 1. The van der Waals surface area contributed by atoms with E-state index in [1.807, 2.05) is 6.07 Å². The van der Waals surface area contributed by atoms with Crippen molar-refractivity contribution in [2.24, 2.45) is 0 Å². The summed E-state index contributed by atoms with van der Waals surface area (Å²) in [6.07, 6.45) is 1.51. The molecule has 1 heterocycles. The van der Waals surface area contributed by atoms with E-state index in [1.54, 1.807) is 19.4 Å². The number of methoxy groups -OCH3 is 1. The number of rotatable bonds is 3. The van der Waals surface area contributed by atoms with Crippen LogP contribution in [0.3, 0.4) is 0 Å². The zero-order valence-electron chi connectivity index (χ0n) is 10.8. The van der Waals surface area contributed by atoms with Gasteiger partial charge in [0.25, 0.3) is 0 Å². The van der Waals surface area contributed by atoms with Crippen molar-refractivity contribution in [1.29, 1.82) is 0 Å². The van der Waals surface area contributed by atoms with Crippen molar-refractivity contribution in [3.8, 4) is 17.3 Å². The van der Waals surface area contributed by atoms with Crippen molar-refractivity contribution in [2.75, 3.05) is 7.11 Å². The van der Waals surface area contributed by atoms with Crippen molar-refractivity contribution in [2.45, 2.75) is 32.2 Å². The van der Waals surface area contributed by atoms with E-state index in [-0.39, 0.29) is 0 Å². The second kappa shape index (κ2) is 5.85. The highest BCUT2D eigenvalue weighted by molar-refractivity contribution is 6.83. The Morgan fingerprint density at radius 2 is 2.12 bits per heavy atom. The summed E-state index contributed by atoms with van der Waals surface area (Å²) >= 11 is 0. The molecule has 0 aliphatic carbocycles. The fourth-order valence-electron chi connectivity index (χ4n) is 1.24. The number of hydrogen-bond acceptors (Lipinski definition) is 3. The summed E-state index contributed by atoms with van der Waals surface area (Å²) in [7, 11) is 0.220. The Morgan fingerprint density at radius 3 is 2.59 bits per heavy atom. The van der Waals surface area contributed by atoms with Gasteiger partial charge in [0.2, 0.25) is 5.88 Å². The lowest BCUT2D eigenvalue weighted by Crippen LogP contribution is -2.16. The van der Waals surface area contributed by atoms with Gasteiger partial charge >= 0.3 is 0 Å². The molecule has 17 heavy (non-hydrogen) atoms. The molecule has 0 saturated heterocycles. The number of aromatic nitrogens is 1. The van der Waals surface area contributed by atoms with Gasteiger partial charge in [-0.15, -0.1) is 11.5 Å². The molecule has 0 aliphatic heterocycles. The van der Waals surface area contributed by atoms with Gasteiger partial charge in [0.05, 0.1) is 13.2 Å². The smallest absolute Gasteiger partial charge is 0.212 e. The minimum atomic E-state index is -1.35. The maximum Gasteiger partial charge on any atom is 0.212 e. The molecule has 1 atom stereocenters. The first-order chi connectivity index (χ1) is 7.92. The molecule has 1 N–H and O–H groups in total. The number of nitrogens with zero attached hydrogens (tertiary/aromatic N) is 1. The Labute approximate surface area is 104 Å². The molecule has 1 rings (SSSR count). The molecule has 0 aromatic carbocycles. The van der Waals surface area contributed by atoms with Crippen molar-refractivity contribution < 1.29 is 9.84 Å². The third-order valence-electron chi connectivity index (χ3n) is 2.11. The van der Waals surface area contributed by atoms with E-state index in [1.165, 1.54) is 0 Å². The Kier molecular flexibility index (Phi) is 4.73. The molecule has 0 spiro atoms. The SMILES string of the molecule is COc1ccc([C@@H](O)CC#C[Si](C)(C)C)cn1. The number of aliphatic hydroxyl groups excluding tert-OH is 1. The Bertz CT molecular complexity index is 412. The van der Waals surface area contributed by atoms with Crippen LogP contribution in [0.1, 0.15) is 18.1 Å². The summed E-state index contributed by atoms with van der Waals surface area (Å²) in [5.74, 6) is 3.61. The molecule has 4 heteroatoms. The van der Waals surface area contributed by atoms with Crippen LogP contribution in [-0.2, 0) is 0 Å². The van der Waals surface area contributed by atoms with Crippen molar-refractivity contribution in [1.82, 2.24) is 4.98 Å². The number of ether oxygens (including phenoxy) is 1. The lowest BCUT2D eigenvalue weighted by Gasteiger charge is -2.08. The first kappa shape index (κ1) is 13.8. The van der Waals surface area contributed by atoms with Crippen LogP contribution in [0.25, 0.3) is 0 Å². The van der Waals surface area contributed by atoms with E-state index in [2.05, 4.69) is 36.1 Å². The summed E-state index contributed by atoms with van der Waals surface area (Å²) in [6, 6.07) is 3.55. The second-order valence-corrected chi connectivity index (χ2v) is 9.66. The topological polar surface area (TPSA) is 42.4 Å². The van der Waals surface area contributed by atoms with Crippen LogP contribution in [0.4, 0.5) is 0 Å². The monoisotopic (exact) mass is 249 g/mol. The summed E-state index contributed by atoms with van der Waals surface area (Å²) < 4.78 is 4.96. The van der Waals surface area contributed by atoms with Crippen LogP contribution in [0.5, 0.6) is 5.88 Å². The lowest BCUT2D eigenvalue weighted by molar-refractivity contribution is 0.183. The van der Waals surface area contributed by atoms with Crippen LogP contribution in [-0.4, -0.2) is 25.3 Å². The van der Waals surface area contributed by atoms with Gasteiger partial charge in [-0.3, -0.25) is 0 Å². The highest BCUT2D eigenvalue weighted by Gasteiger charge is 2.09. The molecule has 0 unspecified atom stereocenters. The summed E-state index contributed by atoms with van der Waals surface area (Å²) in [5, 5.41) is 9.91. The zero-order chi connectivity index (χ0) is 12.9. The average molecular weight is 249 g/mol. The van der Waals surface area contributed by atoms with Gasteiger partial charge < -0.3 is 9.84 Å². The van der Waals surface area contributed by atoms with Gasteiger partial charge in [-0.25, -0.2) is 4.98 Å². The largest absolute Gasteiger partial charge is 0.481 e. The van der Waals surface area contributed by atoms with E-state index in [0.29, 0.717) is 12.3 Å². The van der Waals surface area contributed by atoms with Gasteiger partial charge in [0.1, 0.15) is 8.07 Å². The third kappa shape index (κ3) is 5.03. The van der Waals surface area contributed by atoms with Crippen molar-refractivity contribution in [3.63, 3.8) is 0 Å². The maximum absolute atomic E-state index is 9.91. The zero-order valence-corrected chi connectivity index (χ0v) is 11.8. The highest BCUT2D eigenvalue weighted by atomic mass is 28.3. The van der Waals surface area contributed by atoms with Crippen LogP contribution in [0, 0.1) is 11.5 Å². The molecule has 0 aliphatic rings. The first-order valence-electron chi connectivity index (χ1n) is 5.60. The molecule has 1 aromatic rings. The summed E-state index contributed by atoms with van der Waals surface area (Å²) in [4.78, 5) is 4.05. The van der Waals surface area contributed by atoms with Gasteiger partial charge in [-0.05, 0) is 6.07 Å². The standard InChI is InChI=1S/C13H19NO2Si/c1-16-13-8-7-11(10-14-13)12(15)6-5-9-17(2,3)4/h7-8,10,12,15H,6H2,1-4H3/t12-/m0/s1. The number of hydrogen-bond donors (Lipinski definition) is 1. The van der Waals surface area contributed by atoms with Gasteiger partial charge in [0.15, 0.2) is 0 Å². The summed E-state index contributed by atoms with van der Waals surface area (Å²) in [6.45, 7) is 6.55. The van der Waals surface area contributed by atoms with Gasteiger partial charge in [0, 0.05) is 24.2 Å². The molecule has 92 valence electrons. The van der Waals surface area contributed by atoms with Gasteiger partial charge in [-0.1, -0.05) is 19.6 Å². The van der Waals surface area contributed by atoms with Crippen LogP contribution in [0.15, 0.2) is 18.3 Å². The molecule has 0 amide bonds. The Morgan fingerprint density at radius 1 is 1.41 bits per heavy atom. The van der Waals surface area contributed by atoms with E-state index >= 15 is 0 Å². The minimum absolute atomic E-state index is 0.457. The molecular formula is C13H19NO2Si. The van der Waals surface area contributed by atoms with Crippen molar-refractivity contribution >= 4 is 8.07 Å². The molecule has 0 bridgehead atoms. The average Bonchev–Trinajstić information content (AvgIpc) is 2.27. The first-order valence-corrected chi connectivity index (χ1v) is 9.10. The van der Waals surface area contributed by atoms with E-state index in [9.17, 15) is 5.11 Å². The maximum atomic E-state index is 9.91. The Hall–Kier alpha value is -1.31. The third-order valence-corrected chi connectivity index (χ3v) is 3.04. The predicted octanol–water partition coefficient (Wildman–Crippen LogP) is 2.39. The van der Waals surface area contributed by atoms with E-state index in [4.69, 9.17) is 4.74 Å². The molecule has 1 aromatic heterocycles. The van der Waals surface area contributed by atoms with Crippen LogP contribution >= 0.6 is 0 Å². The molecule has 0 fully saturated rings. The second-order valence-electron chi connectivity index (χ2n) is 4.91. The van der Waals surface area contributed by atoms with Crippen LogP contribution in [0.2, 0.25) is 19.6 Å². The van der Waals surface area contributed by atoms with E-state index < -0.39 is 14.2 Å². The molecular weight excluding hydrogens is 230 g/mol. The van der Waals surface area contributed by atoms with Crippen LogP contribution < -0.4 is 4.74 Å². The minimum Gasteiger partial charge on any atom is -0.481 e. The fraction of sp³-hybridized carbons (Fsp3) is 0.462. The Balaban J connectivity index is 2.62.